The van der Waals surface area contributed by atoms with Gasteiger partial charge in [-0.05, 0) is 11.5 Å². The number of rotatable bonds is 2. The van der Waals surface area contributed by atoms with E-state index in [9.17, 15) is 13.2 Å². The Morgan fingerprint density at radius 3 is 1.93 bits per heavy atom. The first-order chi connectivity index (χ1) is 6.99. The van der Waals surface area contributed by atoms with E-state index in [-0.39, 0.29) is 0 Å². The second-order valence-electron chi connectivity index (χ2n) is 3.13. The molecule has 0 amide bonds. The Kier molecular flexibility index (Phi) is 6.06. The quantitative estimate of drug-likeness (QED) is 0.670. The first-order valence-electron chi connectivity index (χ1n) is 5.11. The van der Waals surface area contributed by atoms with Gasteiger partial charge < -0.3 is 0 Å². The van der Waals surface area contributed by atoms with Crippen molar-refractivity contribution >= 4 is 0 Å². The summed E-state index contributed by atoms with van der Waals surface area (Å²) < 4.78 is 36.0. The van der Waals surface area contributed by atoms with E-state index in [0.717, 1.165) is 5.56 Å². The van der Waals surface area contributed by atoms with Gasteiger partial charge in [0.25, 0.3) is 0 Å². The number of halogens is 3. The maximum Gasteiger partial charge on any atom is 0.389 e. The summed E-state index contributed by atoms with van der Waals surface area (Å²) in [6.07, 6.45) is -4.83. The van der Waals surface area contributed by atoms with E-state index in [1.807, 2.05) is 13.8 Å². The van der Waals surface area contributed by atoms with Crippen molar-refractivity contribution < 1.29 is 13.2 Å². The van der Waals surface area contributed by atoms with Gasteiger partial charge in [0, 0.05) is 0 Å². The third-order valence-electron chi connectivity index (χ3n) is 1.91. The summed E-state index contributed by atoms with van der Waals surface area (Å²) >= 11 is 0. The Labute approximate surface area is 89.1 Å². The summed E-state index contributed by atoms with van der Waals surface area (Å²) in [5, 5.41) is 0. The van der Waals surface area contributed by atoms with Gasteiger partial charge in [0.15, 0.2) is 0 Å². The van der Waals surface area contributed by atoms with Crippen LogP contribution in [-0.4, -0.2) is 6.18 Å². The second-order valence-corrected chi connectivity index (χ2v) is 3.13. The van der Waals surface area contributed by atoms with Gasteiger partial charge in [0.05, 0.1) is 6.42 Å². The van der Waals surface area contributed by atoms with Crippen LogP contribution in [0.3, 0.4) is 0 Å². The molecule has 0 heterocycles. The molecule has 1 rings (SSSR count). The Bertz CT molecular complexity index is 251. The van der Waals surface area contributed by atoms with Crippen LogP contribution < -0.4 is 0 Å². The maximum atomic E-state index is 12.0. The zero-order valence-corrected chi connectivity index (χ0v) is 9.31. The van der Waals surface area contributed by atoms with Crippen molar-refractivity contribution in [2.45, 2.75) is 39.3 Å². The number of alkyl halides is 3. The van der Waals surface area contributed by atoms with E-state index in [4.69, 9.17) is 0 Å². The highest BCUT2D eigenvalue weighted by Gasteiger charge is 2.30. The molecule has 0 radical (unpaired) electrons. The van der Waals surface area contributed by atoms with E-state index in [0.29, 0.717) is 0 Å². The molecule has 0 nitrogen and oxygen atoms in total. The molecule has 0 saturated heterocycles. The van der Waals surface area contributed by atoms with Crippen LogP contribution in [0.2, 0.25) is 0 Å². The van der Waals surface area contributed by atoms with Crippen LogP contribution in [0.4, 0.5) is 13.2 Å². The normalized spacial score (nSPS) is 12.7. The van der Waals surface area contributed by atoms with Crippen LogP contribution in [0.5, 0.6) is 0 Å². The van der Waals surface area contributed by atoms with Crippen LogP contribution in [0.15, 0.2) is 30.3 Å². The van der Waals surface area contributed by atoms with Crippen LogP contribution in [0.25, 0.3) is 0 Å². The Balaban J connectivity index is 0.000000921. The van der Waals surface area contributed by atoms with E-state index in [2.05, 4.69) is 0 Å². The SMILES string of the molecule is CC.CC(CC(F)(F)F)c1ccccc1. The van der Waals surface area contributed by atoms with Gasteiger partial charge in [-0.3, -0.25) is 0 Å². The van der Waals surface area contributed by atoms with Crippen molar-refractivity contribution in [3.05, 3.63) is 35.9 Å². The molecule has 0 fully saturated rings. The Hall–Kier alpha value is -0.990. The molecule has 3 heteroatoms. The molecular formula is C12H17F3. The lowest BCUT2D eigenvalue weighted by atomic mass is 9.98. The highest BCUT2D eigenvalue weighted by molar-refractivity contribution is 5.18. The molecule has 0 aliphatic rings. The van der Waals surface area contributed by atoms with Gasteiger partial charge in [0.1, 0.15) is 0 Å². The van der Waals surface area contributed by atoms with Gasteiger partial charge in [-0.2, -0.15) is 13.2 Å². The molecule has 1 aromatic rings. The van der Waals surface area contributed by atoms with E-state index in [1.54, 1.807) is 37.3 Å². The zero-order valence-electron chi connectivity index (χ0n) is 9.31. The lowest BCUT2D eigenvalue weighted by Gasteiger charge is -2.13. The third-order valence-corrected chi connectivity index (χ3v) is 1.91. The molecule has 0 N–H and O–H groups in total. The average Bonchev–Trinajstić information content (AvgIpc) is 2.20. The average molecular weight is 218 g/mol. The van der Waals surface area contributed by atoms with Crippen molar-refractivity contribution in [3.8, 4) is 0 Å². The van der Waals surface area contributed by atoms with Gasteiger partial charge in [-0.25, -0.2) is 0 Å². The minimum Gasteiger partial charge on any atom is -0.171 e. The summed E-state index contributed by atoms with van der Waals surface area (Å²) in [7, 11) is 0. The van der Waals surface area contributed by atoms with Crippen LogP contribution in [-0.2, 0) is 0 Å². The van der Waals surface area contributed by atoms with Crippen LogP contribution in [0, 0.1) is 0 Å². The summed E-state index contributed by atoms with van der Waals surface area (Å²) in [4.78, 5) is 0. The molecule has 0 aliphatic heterocycles. The molecular weight excluding hydrogens is 201 g/mol. The maximum absolute atomic E-state index is 12.0. The zero-order chi connectivity index (χ0) is 11.9. The summed E-state index contributed by atoms with van der Waals surface area (Å²) in [6, 6.07) is 8.74. The van der Waals surface area contributed by atoms with Gasteiger partial charge in [-0.15, -0.1) is 0 Å². The molecule has 1 aromatic carbocycles. The smallest absolute Gasteiger partial charge is 0.171 e. The monoisotopic (exact) mass is 218 g/mol. The summed E-state index contributed by atoms with van der Waals surface area (Å²) in [5.41, 5.74) is 0.736. The second kappa shape index (κ2) is 6.49. The minimum atomic E-state index is -4.07. The first-order valence-corrected chi connectivity index (χ1v) is 5.11. The molecule has 0 saturated carbocycles. The molecule has 86 valence electrons. The molecule has 1 unspecified atom stereocenters. The highest BCUT2D eigenvalue weighted by Crippen LogP contribution is 2.30. The molecule has 0 aliphatic carbocycles. The molecule has 0 spiro atoms. The lowest BCUT2D eigenvalue weighted by molar-refractivity contribution is -0.137. The minimum absolute atomic E-state index is 0.457. The fourth-order valence-corrected chi connectivity index (χ4v) is 1.25. The highest BCUT2D eigenvalue weighted by atomic mass is 19.4. The van der Waals surface area contributed by atoms with E-state index in [1.165, 1.54) is 0 Å². The summed E-state index contributed by atoms with van der Waals surface area (Å²) in [6.45, 7) is 5.59. The molecule has 0 bridgehead atoms. The largest absolute Gasteiger partial charge is 0.389 e. The third kappa shape index (κ3) is 6.15. The summed E-state index contributed by atoms with van der Waals surface area (Å²) in [5.74, 6) is -0.457. The van der Waals surface area contributed by atoms with Crippen molar-refractivity contribution in [3.63, 3.8) is 0 Å². The number of hydrogen-bond acceptors (Lipinski definition) is 0. The molecule has 0 aromatic heterocycles. The Morgan fingerprint density at radius 1 is 1.07 bits per heavy atom. The molecule has 1 atom stereocenters. The van der Waals surface area contributed by atoms with Crippen molar-refractivity contribution in [2.75, 3.05) is 0 Å². The van der Waals surface area contributed by atoms with Crippen LogP contribution >= 0.6 is 0 Å². The fourth-order valence-electron chi connectivity index (χ4n) is 1.25. The topological polar surface area (TPSA) is 0 Å². The predicted octanol–water partition coefficient (Wildman–Crippen LogP) is 4.77. The lowest BCUT2D eigenvalue weighted by Crippen LogP contribution is -2.11. The van der Waals surface area contributed by atoms with E-state index < -0.39 is 18.5 Å². The van der Waals surface area contributed by atoms with Gasteiger partial charge in [-0.1, -0.05) is 51.1 Å². The number of benzene rings is 1. The van der Waals surface area contributed by atoms with Crippen molar-refractivity contribution in [1.29, 1.82) is 0 Å². The predicted molar refractivity (Wildman–Crippen MR) is 56.9 cm³/mol. The van der Waals surface area contributed by atoms with Crippen molar-refractivity contribution in [2.24, 2.45) is 0 Å². The first kappa shape index (κ1) is 14.0. The van der Waals surface area contributed by atoms with E-state index >= 15 is 0 Å². The molecule has 15 heavy (non-hydrogen) atoms. The number of hydrogen-bond donors (Lipinski definition) is 0. The standard InChI is InChI=1S/C10H11F3.C2H6/c1-8(7-10(11,12)13)9-5-3-2-4-6-9;1-2/h2-6,8H,7H2,1H3;1-2H3. The van der Waals surface area contributed by atoms with Crippen molar-refractivity contribution in [1.82, 2.24) is 0 Å². The van der Waals surface area contributed by atoms with Crippen LogP contribution in [0.1, 0.15) is 38.7 Å². The van der Waals surface area contributed by atoms with Gasteiger partial charge in [0.2, 0.25) is 0 Å². The Morgan fingerprint density at radius 2 is 1.53 bits per heavy atom. The fraction of sp³-hybridized carbons (Fsp3) is 0.500. The van der Waals surface area contributed by atoms with Gasteiger partial charge >= 0.3 is 6.18 Å².